The van der Waals surface area contributed by atoms with Gasteiger partial charge in [-0.3, -0.25) is 0 Å². The summed E-state index contributed by atoms with van der Waals surface area (Å²) in [5.41, 5.74) is 0. The molecule has 0 radical (unpaired) electrons. The molecule has 7 heteroatoms. The van der Waals surface area contributed by atoms with E-state index in [-0.39, 0.29) is 5.75 Å². The topological polar surface area (TPSA) is 37.4 Å². The molecular formula is C13H16F3N3O. The number of anilines is 1. The van der Waals surface area contributed by atoms with Crippen LogP contribution in [0, 0.1) is 5.92 Å². The number of ether oxygens (including phenoxy) is 1. The van der Waals surface area contributed by atoms with Crippen molar-refractivity contribution >= 4 is 5.82 Å². The molecular weight excluding hydrogens is 271 g/mol. The first kappa shape index (κ1) is 13.5. The number of hydrogen-bond acceptors (Lipinski definition) is 4. The summed E-state index contributed by atoms with van der Waals surface area (Å²) in [5.74, 6) is 1.04. The zero-order valence-electron chi connectivity index (χ0n) is 10.9. The van der Waals surface area contributed by atoms with Crippen molar-refractivity contribution in [1.82, 2.24) is 10.3 Å². The van der Waals surface area contributed by atoms with E-state index >= 15 is 0 Å². The van der Waals surface area contributed by atoms with Gasteiger partial charge in [0.2, 0.25) is 0 Å². The Morgan fingerprint density at radius 1 is 1.30 bits per heavy atom. The van der Waals surface area contributed by atoms with E-state index in [1.165, 1.54) is 6.07 Å². The Labute approximate surface area is 114 Å². The third-order valence-corrected chi connectivity index (χ3v) is 3.93. The Morgan fingerprint density at radius 3 is 2.85 bits per heavy atom. The van der Waals surface area contributed by atoms with Gasteiger partial charge in [-0.05, 0) is 37.4 Å². The van der Waals surface area contributed by atoms with Gasteiger partial charge in [-0.15, -0.1) is 13.2 Å². The van der Waals surface area contributed by atoms with E-state index in [9.17, 15) is 13.2 Å². The third-order valence-electron chi connectivity index (χ3n) is 3.93. The highest BCUT2D eigenvalue weighted by Crippen LogP contribution is 2.28. The zero-order valence-corrected chi connectivity index (χ0v) is 10.9. The van der Waals surface area contributed by atoms with Crippen LogP contribution < -0.4 is 15.0 Å². The van der Waals surface area contributed by atoms with Crippen molar-refractivity contribution in [3.05, 3.63) is 18.3 Å². The van der Waals surface area contributed by atoms with Crippen LogP contribution in [0.15, 0.2) is 18.3 Å². The molecule has 2 atom stereocenters. The highest BCUT2D eigenvalue weighted by molar-refractivity contribution is 5.41. The quantitative estimate of drug-likeness (QED) is 0.904. The largest absolute Gasteiger partial charge is 0.573 e. The predicted octanol–water partition coefficient (Wildman–Crippen LogP) is 2.17. The molecule has 2 unspecified atom stereocenters. The minimum absolute atomic E-state index is 0.279. The fourth-order valence-corrected chi connectivity index (χ4v) is 3.01. The number of hydrogen-bond donors (Lipinski definition) is 1. The molecule has 1 N–H and O–H groups in total. The van der Waals surface area contributed by atoms with E-state index < -0.39 is 6.36 Å². The zero-order chi connectivity index (χ0) is 14.2. The fraction of sp³-hybridized carbons (Fsp3) is 0.615. The Bertz CT molecular complexity index is 463. The molecule has 0 bridgehead atoms. The Morgan fingerprint density at radius 2 is 2.15 bits per heavy atom. The average Bonchev–Trinajstić information content (AvgIpc) is 2.85. The summed E-state index contributed by atoms with van der Waals surface area (Å²) in [7, 11) is 0. The normalized spacial score (nSPS) is 26.4. The summed E-state index contributed by atoms with van der Waals surface area (Å²) in [6.45, 7) is 2.83. The maximum atomic E-state index is 12.1. The summed E-state index contributed by atoms with van der Waals surface area (Å²) in [6.07, 6.45) is -1.34. The maximum absolute atomic E-state index is 12.1. The lowest BCUT2D eigenvalue weighted by atomic mass is 9.93. The van der Waals surface area contributed by atoms with Crippen LogP contribution in [0.1, 0.15) is 12.8 Å². The third kappa shape index (κ3) is 2.98. The number of fused-ring (bicyclic) bond motifs is 1. The molecule has 0 saturated carbocycles. The van der Waals surface area contributed by atoms with Gasteiger partial charge >= 0.3 is 6.36 Å². The molecule has 3 rings (SSSR count). The van der Waals surface area contributed by atoms with Crippen LogP contribution in [0.4, 0.5) is 19.0 Å². The molecule has 110 valence electrons. The highest BCUT2D eigenvalue weighted by atomic mass is 19.4. The summed E-state index contributed by atoms with van der Waals surface area (Å²) in [4.78, 5) is 6.21. The molecule has 2 saturated heterocycles. The van der Waals surface area contributed by atoms with Crippen LogP contribution in [-0.4, -0.2) is 37.0 Å². The number of nitrogens with zero attached hydrogens (tertiary/aromatic N) is 2. The van der Waals surface area contributed by atoms with Gasteiger partial charge in [0.15, 0.2) is 0 Å². The predicted molar refractivity (Wildman–Crippen MR) is 67.6 cm³/mol. The number of alkyl halides is 3. The van der Waals surface area contributed by atoms with Crippen molar-refractivity contribution in [2.24, 2.45) is 5.92 Å². The SMILES string of the molecule is FC(F)(F)Oc1ccc(N2CCC3NCCC3C2)nc1. The molecule has 0 aliphatic carbocycles. The van der Waals surface area contributed by atoms with Crippen molar-refractivity contribution in [3.63, 3.8) is 0 Å². The number of piperidine rings is 1. The molecule has 2 aliphatic rings. The lowest BCUT2D eigenvalue weighted by Crippen LogP contribution is -2.44. The fourth-order valence-electron chi connectivity index (χ4n) is 3.01. The van der Waals surface area contributed by atoms with Crippen LogP contribution in [0.5, 0.6) is 5.75 Å². The van der Waals surface area contributed by atoms with Crippen LogP contribution in [0.3, 0.4) is 0 Å². The van der Waals surface area contributed by atoms with Crippen molar-refractivity contribution in [3.8, 4) is 5.75 Å². The van der Waals surface area contributed by atoms with E-state index in [4.69, 9.17) is 0 Å². The summed E-state index contributed by atoms with van der Waals surface area (Å²) in [6, 6.07) is 3.48. The smallest absolute Gasteiger partial charge is 0.404 e. The van der Waals surface area contributed by atoms with E-state index in [0.717, 1.165) is 38.7 Å². The Kier molecular flexibility index (Phi) is 3.45. The van der Waals surface area contributed by atoms with E-state index in [1.807, 2.05) is 0 Å². The van der Waals surface area contributed by atoms with E-state index in [1.54, 1.807) is 6.07 Å². The van der Waals surface area contributed by atoms with E-state index in [0.29, 0.717) is 17.8 Å². The standard InChI is InChI=1S/C13H16F3N3O/c14-13(15,16)20-10-1-2-12(18-7-10)19-6-4-11-9(8-19)3-5-17-11/h1-2,7,9,11,17H,3-6,8H2. The summed E-state index contributed by atoms with van der Waals surface area (Å²) >= 11 is 0. The number of rotatable bonds is 2. The second-order valence-electron chi connectivity index (χ2n) is 5.24. The molecule has 2 aliphatic heterocycles. The van der Waals surface area contributed by atoms with Gasteiger partial charge in [-0.25, -0.2) is 4.98 Å². The van der Waals surface area contributed by atoms with Crippen molar-refractivity contribution in [2.75, 3.05) is 24.5 Å². The average molecular weight is 287 g/mol. The molecule has 1 aromatic rings. The lowest BCUT2D eigenvalue weighted by molar-refractivity contribution is -0.274. The van der Waals surface area contributed by atoms with Gasteiger partial charge in [-0.2, -0.15) is 0 Å². The van der Waals surface area contributed by atoms with Gasteiger partial charge in [0.25, 0.3) is 0 Å². The minimum Gasteiger partial charge on any atom is -0.404 e. The first-order chi connectivity index (χ1) is 9.51. The number of pyridine rings is 1. The molecule has 1 aromatic heterocycles. The molecule has 2 fully saturated rings. The summed E-state index contributed by atoms with van der Waals surface area (Å²) < 4.78 is 40.1. The Hall–Kier alpha value is -1.50. The molecule has 4 nitrogen and oxygen atoms in total. The van der Waals surface area contributed by atoms with Gasteiger partial charge in [0.05, 0.1) is 6.20 Å². The maximum Gasteiger partial charge on any atom is 0.573 e. The molecule has 0 amide bonds. The monoisotopic (exact) mass is 287 g/mol. The van der Waals surface area contributed by atoms with E-state index in [2.05, 4.69) is 19.9 Å². The second-order valence-corrected chi connectivity index (χ2v) is 5.24. The van der Waals surface area contributed by atoms with Crippen molar-refractivity contribution in [2.45, 2.75) is 25.2 Å². The number of halogens is 3. The van der Waals surface area contributed by atoms with Crippen LogP contribution in [-0.2, 0) is 0 Å². The van der Waals surface area contributed by atoms with Crippen LogP contribution in [0.2, 0.25) is 0 Å². The van der Waals surface area contributed by atoms with Gasteiger partial charge < -0.3 is 15.0 Å². The minimum atomic E-state index is -4.67. The van der Waals surface area contributed by atoms with Gasteiger partial charge in [-0.1, -0.05) is 0 Å². The molecule has 0 aromatic carbocycles. The van der Waals surface area contributed by atoms with Gasteiger partial charge in [0, 0.05) is 19.1 Å². The Balaban J connectivity index is 1.65. The first-order valence-electron chi connectivity index (χ1n) is 6.71. The summed E-state index contributed by atoms with van der Waals surface area (Å²) in [5, 5.41) is 3.47. The first-order valence-corrected chi connectivity index (χ1v) is 6.71. The lowest BCUT2D eigenvalue weighted by Gasteiger charge is -2.35. The van der Waals surface area contributed by atoms with Crippen LogP contribution in [0.25, 0.3) is 0 Å². The van der Waals surface area contributed by atoms with Crippen LogP contribution >= 0.6 is 0 Å². The number of nitrogens with one attached hydrogen (secondary N) is 1. The van der Waals surface area contributed by atoms with Crippen molar-refractivity contribution < 1.29 is 17.9 Å². The van der Waals surface area contributed by atoms with Gasteiger partial charge in [0.1, 0.15) is 11.6 Å². The molecule has 3 heterocycles. The highest BCUT2D eigenvalue weighted by Gasteiger charge is 2.33. The molecule has 0 spiro atoms. The van der Waals surface area contributed by atoms with Crippen molar-refractivity contribution in [1.29, 1.82) is 0 Å². The molecule has 20 heavy (non-hydrogen) atoms. The second kappa shape index (κ2) is 5.12. The number of aromatic nitrogens is 1.